The zero-order valence-electron chi connectivity index (χ0n) is 7.29. The molecule has 0 bridgehead atoms. The van der Waals surface area contributed by atoms with Crippen molar-refractivity contribution in [2.75, 3.05) is 5.88 Å². The van der Waals surface area contributed by atoms with Gasteiger partial charge in [-0.05, 0) is 5.41 Å². The van der Waals surface area contributed by atoms with Crippen LogP contribution in [0, 0.1) is 5.41 Å². The third kappa shape index (κ3) is 11.0. The van der Waals surface area contributed by atoms with E-state index in [0.717, 1.165) is 5.88 Å². The van der Waals surface area contributed by atoms with E-state index < -0.39 is 0 Å². The second-order valence-corrected chi connectivity index (χ2v) is 2.96. The second kappa shape index (κ2) is 3.99. The summed E-state index contributed by atoms with van der Waals surface area (Å²) in [6.45, 7) is 6.33. The molecule has 0 spiro atoms. The average Bonchev–Trinajstić information content (AvgIpc) is 1.35. The Kier molecular flexibility index (Phi) is 6.23. The van der Waals surface area contributed by atoms with Crippen LogP contribution < -0.4 is 0 Å². The molecule has 0 aliphatic carbocycles. The summed E-state index contributed by atoms with van der Waals surface area (Å²) < 4.78 is 0. The maximum absolute atomic E-state index is 5.48. The van der Waals surface area contributed by atoms with Gasteiger partial charge in [-0.25, -0.2) is 0 Å². The predicted molar refractivity (Wildman–Crippen MR) is 38.2 cm³/mol. The largest absolute Gasteiger partial charge is 2.00 e. The van der Waals surface area contributed by atoms with E-state index in [1.54, 1.807) is 0 Å². The van der Waals surface area contributed by atoms with Crippen molar-refractivity contribution in [2.24, 2.45) is 5.41 Å². The number of alkyl halides is 1. The van der Waals surface area contributed by atoms with Crippen molar-refractivity contribution in [2.45, 2.75) is 20.8 Å². The molecule has 0 radical (unpaired) electrons. The molecule has 0 nitrogen and oxygen atoms in total. The first-order valence-corrected chi connectivity index (χ1v) is 2.66. The minimum atomic E-state index is 0. The quantitative estimate of drug-likeness (QED) is 0.350. The Morgan fingerprint density at radius 2 is 1.57 bits per heavy atom. The van der Waals surface area contributed by atoms with Crippen LogP contribution in [0.25, 0.3) is 0 Å². The van der Waals surface area contributed by atoms with Gasteiger partial charge >= 0.3 is 23.1 Å². The van der Waals surface area contributed by atoms with Crippen LogP contribution in [0.15, 0.2) is 0 Å². The van der Waals surface area contributed by atoms with Gasteiger partial charge in [0, 0.05) is 5.88 Å². The third-order valence-corrected chi connectivity index (χ3v) is 1.20. The molecule has 0 aromatic rings. The van der Waals surface area contributed by atoms with E-state index >= 15 is 0 Å². The normalized spacial score (nSPS) is 10.3. The number of rotatable bonds is 0. The van der Waals surface area contributed by atoms with Crippen molar-refractivity contribution >= 4 is 34.7 Å². The van der Waals surface area contributed by atoms with Crippen LogP contribution >= 0.6 is 11.6 Å². The Bertz CT molecular complexity index is 44.7. The van der Waals surface area contributed by atoms with Crippen LogP contribution in [-0.2, 0) is 0 Å². The molecule has 7 heavy (non-hydrogen) atoms. The van der Waals surface area contributed by atoms with Crippen LogP contribution in [0.1, 0.15) is 23.6 Å². The smallest absolute Gasteiger partial charge is 1.00 e. The Hall–Kier alpha value is 1.06. The first-order valence-electron chi connectivity index (χ1n) is 2.12. The number of hydrogen-bond donors (Lipinski definition) is 0. The fourth-order valence-corrected chi connectivity index (χ4v) is 0. The van der Waals surface area contributed by atoms with Gasteiger partial charge in [-0.1, -0.05) is 20.8 Å². The van der Waals surface area contributed by atoms with Crippen molar-refractivity contribution in [3.05, 3.63) is 0 Å². The summed E-state index contributed by atoms with van der Waals surface area (Å²) >= 11 is 5.48. The molecule has 0 saturated carbocycles. The van der Waals surface area contributed by atoms with E-state index in [1.165, 1.54) is 0 Å². The Labute approximate surface area is 69.7 Å². The number of halogens is 1. The fourth-order valence-electron chi connectivity index (χ4n) is 0. The summed E-state index contributed by atoms with van der Waals surface area (Å²) in [5.41, 5.74) is 0.307. The number of hydrogen-bond acceptors (Lipinski definition) is 0. The van der Waals surface area contributed by atoms with E-state index in [-0.39, 0.29) is 25.9 Å². The van der Waals surface area contributed by atoms with Gasteiger partial charge in [0.05, 0.1) is 0 Å². The predicted octanol–water partition coefficient (Wildman–Crippen LogP) is 2.12. The van der Waals surface area contributed by atoms with Crippen LogP contribution in [0.5, 0.6) is 0 Å². The first kappa shape index (κ1) is 10.9. The van der Waals surface area contributed by atoms with Gasteiger partial charge in [-0.15, -0.1) is 11.6 Å². The molecular weight excluding hydrogens is 120 g/mol. The van der Waals surface area contributed by atoms with Crippen molar-refractivity contribution in [1.29, 1.82) is 0 Å². The topological polar surface area (TPSA) is 0 Å². The van der Waals surface area contributed by atoms with Crippen LogP contribution in [0.4, 0.5) is 0 Å². The van der Waals surface area contributed by atoms with Crippen LogP contribution in [-0.4, -0.2) is 28.9 Å². The van der Waals surface area contributed by atoms with Crippen molar-refractivity contribution in [3.8, 4) is 0 Å². The Morgan fingerprint density at radius 1 is 1.43 bits per heavy atom. The van der Waals surface area contributed by atoms with E-state index in [1.807, 2.05) is 0 Å². The van der Waals surface area contributed by atoms with Crippen molar-refractivity contribution in [1.82, 2.24) is 0 Å². The summed E-state index contributed by atoms with van der Waals surface area (Å²) in [6, 6.07) is 0. The van der Waals surface area contributed by atoms with E-state index in [9.17, 15) is 0 Å². The van der Waals surface area contributed by atoms with Crippen LogP contribution in [0.2, 0.25) is 0 Å². The van der Waals surface area contributed by atoms with E-state index in [2.05, 4.69) is 20.8 Å². The zero-order valence-corrected chi connectivity index (χ0v) is 7.46. The molecule has 42 valence electrons. The summed E-state index contributed by atoms with van der Waals surface area (Å²) in [5.74, 6) is 0.743. The van der Waals surface area contributed by atoms with E-state index in [0.29, 0.717) is 5.41 Å². The molecular formula is C5H13ClMg. The Morgan fingerprint density at radius 3 is 1.57 bits per heavy atom. The molecule has 0 amide bonds. The monoisotopic (exact) mass is 132 g/mol. The first-order chi connectivity index (χ1) is 2.56. The van der Waals surface area contributed by atoms with Crippen LogP contribution in [0.3, 0.4) is 0 Å². The van der Waals surface area contributed by atoms with Gasteiger partial charge < -0.3 is 2.85 Å². The van der Waals surface area contributed by atoms with Gasteiger partial charge in [0.15, 0.2) is 0 Å². The summed E-state index contributed by atoms with van der Waals surface area (Å²) in [7, 11) is 0. The second-order valence-electron chi connectivity index (χ2n) is 2.69. The third-order valence-electron chi connectivity index (χ3n) is 0.401. The van der Waals surface area contributed by atoms with Crippen molar-refractivity contribution in [3.63, 3.8) is 0 Å². The minimum Gasteiger partial charge on any atom is -1.00 e. The van der Waals surface area contributed by atoms with Gasteiger partial charge in [-0.2, -0.15) is 0 Å². The standard InChI is InChI=1S/C5H11Cl.Mg.2H/c1-5(2,3)4-6;;;/h4H2,1-3H3;;;/q;+2;2*-1. The maximum Gasteiger partial charge on any atom is 2.00 e. The SMILES string of the molecule is CC(C)(C)CCl.[H-].[H-].[Mg+2]. The van der Waals surface area contributed by atoms with Gasteiger partial charge in [0.25, 0.3) is 0 Å². The van der Waals surface area contributed by atoms with Gasteiger partial charge in [0.2, 0.25) is 0 Å². The zero-order chi connectivity index (χ0) is 5.21. The summed E-state index contributed by atoms with van der Waals surface area (Å²) in [5, 5.41) is 0. The molecule has 0 N–H and O–H groups in total. The molecule has 0 saturated heterocycles. The molecule has 0 rings (SSSR count). The Balaban J connectivity index is -0.0000000417. The molecule has 0 heterocycles. The maximum atomic E-state index is 5.48. The summed E-state index contributed by atoms with van der Waals surface area (Å²) in [4.78, 5) is 0. The minimum absolute atomic E-state index is 0. The van der Waals surface area contributed by atoms with Crippen molar-refractivity contribution < 1.29 is 2.85 Å². The fraction of sp³-hybridized carbons (Fsp3) is 1.00. The molecule has 0 aromatic carbocycles. The summed E-state index contributed by atoms with van der Waals surface area (Å²) in [6.07, 6.45) is 0. The van der Waals surface area contributed by atoms with Gasteiger partial charge in [0.1, 0.15) is 0 Å². The van der Waals surface area contributed by atoms with Gasteiger partial charge in [-0.3, -0.25) is 0 Å². The molecule has 0 aliphatic rings. The molecule has 0 aliphatic heterocycles. The molecule has 2 heteroatoms. The molecule has 0 atom stereocenters. The molecule has 0 unspecified atom stereocenters. The van der Waals surface area contributed by atoms with E-state index in [4.69, 9.17) is 11.6 Å². The average molecular weight is 133 g/mol. The molecule has 0 aromatic heterocycles. The molecule has 0 fully saturated rings.